The average Bonchev–Trinajstić information content (AvgIpc) is 2.40. The second-order valence-electron chi connectivity index (χ2n) is 3.55. The molecule has 0 aliphatic rings. The van der Waals surface area contributed by atoms with E-state index in [2.05, 4.69) is 18.5 Å². The van der Waals surface area contributed by atoms with Crippen molar-refractivity contribution >= 4 is 5.91 Å². The first-order valence-electron chi connectivity index (χ1n) is 6.08. The molecule has 2 heteroatoms. The molecule has 0 saturated carbocycles. The molecule has 0 aliphatic carbocycles. The molecule has 0 bridgehead atoms. The average molecular weight is 255 g/mol. The molecule has 0 aromatic carbocycles. The SMILES string of the molecule is C=C/C=C\C(=C/C=C)C(=O)NC(/C=C\C)=C/C=C\C. The first-order valence-corrected chi connectivity index (χ1v) is 6.08. The van der Waals surface area contributed by atoms with Gasteiger partial charge in [0.1, 0.15) is 0 Å². The van der Waals surface area contributed by atoms with Gasteiger partial charge in [0.15, 0.2) is 0 Å². The van der Waals surface area contributed by atoms with Gasteiger partial charge in [0, 0.05) is 11.3 Å². The normalized spacial score (nSPS) is 13.4. The van der Waals surface area contributed by atoms with Gasteiger partial charge in [0.2, 0.25) is 0 Å². The monoisotopic (exact) mass is 255 g/mol. The predicted octanol–water partition coefficient (Wildman–Crippen LogP) is 3.99. The molecule has 0 saturated heterocycles. The van der Waals surface area contributed by atoms with E-state index in [0.717, 1.165) is 5.70 Å². The maximum Gasteiger partial charge on any atom is 0.255 e. The van der Waals surface area contributed by atoms with Crippen LogP contribution in [0.2, 0.25) is 0 Å². The molecule has 0 aromatic rings. The Balaban J connectivity index is 5.06. The molecule has 0 unspecified atom stereocenters. The highest BCUT2D eigenvalue weighted by atomic mass is 16.1. The lowest BCUT2D eigenvalue weighted by Gasteiger charge is -2.06. The van der Waals surface area contributed by atoms with Gasteiger partial charge < -0.3 is 5.32 Å². The van der Waals surface area contributed by atoms with Crippen molar-refractivity contribution in [3.8, 4) is 0 Å². The van der Waals surface area contributed by atoms with E-state index in [9.17, 15) is 4.79 Å². The fourth-order valence-electron chi connectivity index (χ4n) is 1.23. The third-order valence-corrected chi connectivity index (χ3v) is 2.04. The number of carbonyl (C=O) groups excluding carboxylic acids is 1. The Morgan fingerprint density at radius 1 is 0.947 bits per heavy atom. The van der Waals surface area contributed by atoms with Gasteiger partial charge in [-0.3, -0.25) is 4.79 Å². The van der Waals surface area contributed by atoms with E-state index in [4.69, 9.17) is 0 Å². The lowest BCUT2D eigenvalue weighted by atomic mass is 10.2. The van der Waals surface area contributed by atoms with E-state index in [1.807, 2.05) is 44.2 Å². The summed E-state index contributed by atoms with van der Waals surface area (Å²) in [6.45, 7) is 11.0. The number of hydrogen-bond donors (Lipinski definition) is 1. The van der Waals surface area contributed by atoms with Crippen molar-refractivity contribution in [2.75, 3.05) is 0 Å². The van der Waals surface area contributed by atoms with Crippen molar-refractivity contribution < 1.29 is 4.79 Å². The number of hydrogen-bond acceptors (Lipinski definition) is 1. The molecule has 1 amide bonds. The Labute approximate surface area is 115 Å². The third kappa shape index (κ3) is 7.55. The van der Waals surface area contributed by atoms with Crippen molar-refractivity contribution in [3.63, 3.8) is 0 Å². The summed E-state index contributed by atoms with van der Waals surface area (Å²) in [4.78, 5) is 12.1. The minimum atomic E-state index is -0.188. The summed E-state index contributed by atoms with van der Waals surface area (Å²) in [5, 5.41) is 2.83. The van der Waals surface area contributed by atoms with Crippen molar-refractivity contribution in [1.82, 2.24) is 5.32 Å². The van der Waals surface area contributed by atoms with Gasteiger partial charge in [0.05, 0.1) is 0 Å². The lowest BCUT2D eigenvalue weighted by Crippen LogP contribution is -2.22. The molecule has 1 N–H and O–H groups in total. The zero-order chi connectivity index (χ0) is 14.5. The second kappa shape index (κ2) is 10.8. The molecule has 0 aromatic heterocycles. The van der Waals surface area contributed by atoms with Crippen molar-refractivity contribution in [3.05, 3.63) is 85.2 Å². The van der Waals surface area contributed by atoms with Crippen molar-refractivity contribution in [1.29, 1.82) is 0 Å². The molecular formula is C17H21NO. The summed E-state index contributed by atoms with van der Waals surface area (Å²) in [6.07, 6.45) is 17.5. The molecule has 19 heavy (non-hydrogen) atoms. The molecule has 0 spiro atoms. The fraction of sp³-hybridized carbons (Fsp3) is 0.118. The van der Waals surface area contributed by atoms with Gasteiger partial charge in [-0.25, -0.2) is 0 Å². The largest absolute Gasteiger partial charge is 0.322 e. The summed E-state index contributed by atoms with van der Waals surface area (Å²) in [7, 11) is 0. The molecule has 0 heterocycles. The van der Waals surface area contributed by atoms with Gasteiger partial charge in [-0.1, -0.05) is 55.7 Å². The number of rotatable bonds is 7. The predicted molar refractivity (Wildman–Crippen MR) is 83.5 cm³/mol. The quantitative estimate of drug-likeness (QED) is 0.541. The van der Waals surface area contributed by atoms with E-state index in [1.165, 1.54) is 0 Å². The highest BCUT2D eigenvalue weighted by molar-refractivity contribution is 5.97. The Hall–Kier alpha value is -2.35. The summed E-state index contributed by atoms with van der Waals surface area (Å²) < 4.78 is 0. The van der Waals surface area contributed by atoms with E-state index < -0.39 is 0 Å². The van der Waals surface area contributed by atoms with Crippen LogP contribution in [-0.4, -0.2) is 5.91 Å². The number of amides is 1. The topological polar surface area (TPSA) is 29.1 Å². The van der Waals surface area contributed by atoms with Crippen LogP contribution in [0.25, 0.3) is 0 Å². The molecule has 0 radical (unpaired) electrons. The van der Waals surface area contributed by atoms with Crippen LogP contribution < -0.4 is 5.32 Å². The van der Waals surface area contributed by atoms with Crippen LogP contribution in [-0.2, 0) is 4.79 Å². The van der Waals surface area contributed by atoms with E-state index in [-0.39, 0.29) is 5.91 Å². The minimum absolute atomic E-state index is 0.188. The van der Waals surface area contributed by atoms with Crippen molar-refractivity contribution in [2.45, 2.75) is 13.8 Å². The summed E-state index contributed by atoms with van der Waals surface area (Å²) >= 11 is 0. The zero-order valence-electron chi connectivity index (χ0n) is 11.6. The second-order valence-corrected chi connectivity index (χ2v) is 3.55. The van der Waals surface area contributed by atoms with Crippen LogP contribution in [0.5, 0.6) is 0 Å². The maximum atomic E-state index is 12.1. The van der Waals surface area contributed by atoms with Gasteiger partial charge in [-0.05, 0) is 32.1 Å². The van der Waals surface area contributed by atoms with Crippen LogP contribution in [0.15, 0.2) is 85.2 Å². The van der Waals surface area contributed by atoms with Gasteiger partial charge in [0.25, 0.3) is 5.91 Å². The standard InChI is InChI=1S/C17H21NO/c1-5-9-13-15(11-7-3)17(19)18-16(12-8-4)14-10-6-2/h5-14H,1,3H2,2,4H3,(H,18,19)/b10-6-,12-8-,13-9-,15-11+,16-14+. The number of nitrogens with one attached hydrogen (secondary N) is 1. The summed E-state index contributed by atoms with van der Waals surface area (Å²) in [5.41, 5.74) is 1.25. The van der Waals surface area contributed by atoms with E-state index in [1.54, 1.807) is 30.4 Å². The first-order chi connectivity index (χ1) is 9.19. The first kappa shape index (κ1) is 16.7. The van der Waals surface area contributed by atoms with Crippen LogP contribution in [0.3, 0.4) is 0 Å². The zero-order valence-corrected chi connectivity index (χ0v) is 11.6. The third-order valence-electron chi connectivity index (χ3n) is 2.04. The maximum absolute atomic E-state index is 12.1. The number of carbonyl (C=O) groups is 1. The lowest BCUT2D eigenvalue weighted by molar-refractivity contribution is -0.116. The molecule has 0 atom stereocenters. The summed E-state index contributed by atoms with van der Waals surface area (Å²) in [6, 6.07) is 0. The van der Waals surface area contributed by atoms with E-state index in [0.29, 0.717) is 5.57 Å². The van der Waals surface area contributed by atoms with Crippen LogP contribution in [0, 0.1) is 0 Å². The van der Waals surface area contributed by atoms with Crippen molar-refractivity contribution in [2.24, 2.45) is 0 Å². The Morgan fingerprint density at radius 3 is 2.21 bits per heavy atom. The fourth-order valence-corrected chi connectivity index (χ4v) is 1.23. The van der Waals surface area contributed by atoms with Crippen LogP contribution in [0.1, 0.15) is 13.8 Å². The van der Waals surface area contributed by atoms with Crippen LogP contribution >= 0.6 is 0 Å². The van der Waals surface area contributed by atoms with Crippen LogP contribution in [0.4, 0.5) is 0 Å². The smallest absolute Gasteiger partial charge is 0.255 e. The Bertz CT molecular complexity index is 460. The molecule has 0 rings (SSSR count). The number of allylic oxidation sites excluding steroid dienone is 9. The Kier molecular flexibility index (Phi) is 9.45. The molecular weight excluding hydrogens is 234 g/mol. The van der Waals surface area contributed by atoms with Gasteiger partial charge in [-0.2, -0.15) is 0 Å². The highest BCUT2D eigenvalue weighted by Gasteiger charge is 2.05. The Morgan fingerprint density at radius 2 is 1.68 bits per heavy atom. The highest BCUT2D eigenvalue weighted by Crippen LogP contribution is 2.02. The molecule has 100 valence electrons. The minimum Gasteiger partial charge on any atom is -0.322 e. The van der Waals surface area contributed by atoms with E-state index >= 15 is 0 Å². The van der Waals surface area contributed by atoms with Gasteiger partial charge in [-0.15, -0.1) is 0 Å². The molecule has 0 aliphatic heterocycles. The molecule has 2 nitrogen and oxygen atoms in total. The van der Waals surface area contributed by atoms with Gasteiger partial charge >= 0.3 is 0 Å². The molecule has 0 fully saturated rings. The summed E-state index contributed by atoms with van der Waals surface area (Å²) in [5.74, 6) is -0.188.